The molecule has 28 heavy (non-hydrogen) atoms. The molecule has 0 aliphatic carbocycles. The van der Waals surface area contributed by atoms with Crippen molar-refractivity contribution in [3.8, 4) is 11.8 Å². The van der Waals surface area contributed by atoms with E-state index < -0.39 is 4.92 Å². The number of hydrogen-bond donors (Lipinski definition) is 0. The lowest BCUT2D eigenvalue weighted by atomic mass is 9.97. The van der Waals surface area contributed by atoms with Gasteiger partial charge in [0, 0.05) is 18.7 Å². The molecular weight excluding hydrogens is 360 g/mol. The number of nitro groups is 1. The van der Waals surface area contributed by atoms with Gasteiger partial charge >= 0.3 is 11.7 Å². The highest BCUT2D eigenvalue weighted by molar-refractivity contribution is 5.73. The maximum atomic E-state index is 11.9. The van der Waals surface area contributed by atoms with Crippen molar-refractivity contribution in [1.29, 1.82) is 0 Å². The van der Waals surface area contributed by atoms with E-state index in [1.54, 1.807) is 6.92 Å². The minimum Gasteiger partial charge on any atom is -0.466 e. The largest absolute Gasteiger partial charge is 0.466 e. The molecule has 8 nitrogen and oxygen atoms in total. The molecule has 1 aromatic heterocycles. The number of carbonyl (C=O) groups is 1. The second-order valence-corrected chi connectivity index (χ2v) is 6.28. The zero-order valence-corrected chi connectivity index (χ0v) is 15.5. The summed E-state index contributed by atoms with van der Waals surface area (Å²) in [6.07, 6.45) is 2.41. The lowest BCUT2D eigenvalue weighted by Crippen LogP contribution is -2.37. The molecule has 1 aliphatic heterocycles. The zero-order valence-electron chi connectivity index (χ0n) is 15.5. The Morgan fingerprint density at radius 1 is 1.25 bits per heavy atom. The Labute approximate surface area is 162 Å². The summed E-state index contributed by atoms with van der Waals surface area (Å²) in [7, 11) is 0. The molecule has 0 bridgehead atoms. The van der Waals surface area contributed by atoms with Crippen LogP contribution >= 0.6 is 0 Å². The maximum Gasteiger partial charge on any atom is 0.345 e. The third-order valence-corrected chi connectivity index (χ3v) is 4.50. The molecule has 0 N–H and O–H groups in total. The lowest BCUT2D eigenvalue weighted by molar-refractivity contribution is -0.384. The van der Waals surface area contributed by atoms with E-state index in [0.717, 1.165) is 5.56 Å². The van der Waals surface area contributed by atoms with Crippen molar-refractivity contribution in [1.82, 2.24) is 9.97 Å². The van der Waals surface area contributed by atoms with Gasteiger partial charge in [-0.2, -0.15) is 0 Å². The summed E-state index contributed by atoms with van der Waals surface area (Å²) in [5, 5.41) is 11.7. The minimum absolute atomic E-state index is 0.0753. The van der Waals surface area contributed by atoms with E-state index in [-0.39, 0.29) is 29.1 Å². The van der Waals surface area contributed by atoms with E-state index in [1.165, 1.54) is 6.33 Å². The summed E-state index contributed by atoms with van der Waals surface area (Å²) in [5.41, 5.74) is 0.610. The Balaban J connectivity index is 1.84. The van der Waals surface area contributed by atoms with E-state index in [9.17, 15) is 14.9 Å². The van der Waals surface area contributed by atoms with Gasteiger partial charge in [0.15, 0.2) is 5.69 Å². The van der Waals surface area contributed by atoms with Gasteiger partial charge in [-0.05, 0) is 37.8 Å². The number of rotatable bonds is 4. The Kier molecular flexibility index (Phi) is 6.17. The van der Waals surface area contributed by atoms with Gasteiger partial charge in [-0.15, -0.1) is 0 Å². The molecule has 0 saturated carbocycles. The molecule has 0 radical (unpaired) electrons. The van der Waals surface area contributed by atoms with Crippen molar-refractivity contribution in [2.75, 3.05) is 24.6 Å². The second kappa shape index (κ2) is 8.95. The molecule has 0 atom stereocenters. The maximum absolute atomic E-state index is 11.9. The molecule has 1 fully saturated rings. The first kappa shape index (κ1) is 19.3. The SMILES string of the molecule is CCOC(=O)C1CCN(c2ncnc(C#Cc3ccccc3)c2[N+](=O)[O-])CC1. The average Bonchev–Trinajstić information content (AvgIpc) is 2.73. The van der Waals surface area contributed by atoms with Crippen LogP contribution in [-0.4, -0.2) is 40.6 Å². The van der Waals surface area contributed by atoms with E-state index in [4.69, 9.17) is 4.74 Å². The summed E-state index contributed by atoms with van der Waals surface area (Å²) in [5.74, 6) is 5.52. The highest BCUT2D eigenvalue weighted by atomic mass is 16.6. The predicted octanol–water partition coefficient (Wildman–Crippen LogP) is 2.56. The Bertz CT molecular complexity index is 913. The van der Waals surface area contributed by atoms with Crippen LogP contribution in [0.4, 0.5) is 11.5 Å². The summed E-state index contributed by atoms with van der Waals surface area (Å²) in [4.78, 5) is 33.1. The van der Waals surface area contributed by atoms with Crippen LogP contribution in [0, 0.1) is 27.9 Å². The fourth-order valence-electron chi connectivity index (χ4n) is 3.10. The molecule has 2 heterocycles. The number of carbonyl (C=O) groups excluding carboxylic acids is 1. The molecule has 144 valence electrons. The molecule has 0 spiro atoms. The first-order chi connectivity index (χ1) is 13.6. The van der Waals surface area contributed by atoms with Gasteiger partial charge in [0.25, 0.3) is 0 Å². The van der Waals surface area contributed by atoms with Gasteiger partial charge in [0.1, 0.15) is 6.33 Å². The average molecular weight is 380 g/mol. The Morgan fingerprint density at radius 3 is 2.61 bits per heavy atom. The van der Waals surface area contributed by atoms with E-state index in [0.29, 0.717) is 32.5 Å². The van der Waals surface area contributed by atoms with Gasteiger partial charge in [-0.1, -0.05) is 24.1 Å². The van der Waals surface area contributed by atoms with Crippen LogP contribution < -0.4 is 4.90 Å². The molecule has 0 unspecified atom stereocenters. The van der Waals surface area contributed by atoms with Gasteiger partial charge in [-0.25, -0.2) is 9.97 Å². The van der Waals surface area contributed by atoms with E-state index >= 15 is 0 Å². The molecule has 1 aliphatic rings. The molecule has 1 aromatic carbocycles. The molecule has 8 heteroatoms. The minimum atomic E-state index is -0.498. The van der Waals surface area contributed by atoms with E-state index in [1.807, 2.05) is 35.2 Å². The summed E-state index contributed by atoms with van der Waals surface area (Å²) >= 11 is 0. The molecule has 2 aromatic rings. The standard InChI is InChI=1S/C20H20N4O4/c1-2-28-20(25)16-10-12-23(13-11-16)19-18(24(26)27)17(21-14-22-19)9-8-15-6-4-3-5-7-15/h3-7,14,16H,2,10-13H2,1H3. The number of benzene rings is 1. The molecule has 1 saturated heterocycles. The van der Waals surface area contributed by atoms with Gasteiger partial charge in [0.2, 0.25) is 5.82 Å². The van der Waals surface area contributed by atoms with Gasteiger partial charge < -0.3 is 9.64 Å². The fourth-order valence-corrected chi connectivity index (χ4v) is 3.10. The second-order valence-electron chi connectivity index (χ2n) is 6.28. The molecule has 3 rings (SSSR count). The zero-order chi connectivity index (χ0) is 19.9. The van der Waals surface area contributed by atoms with Crippen molar-refractivity contribution >= 4 is 17.5 Å². The van der Waals surface area contributed by atoms with Crippen molar-refractivity contribution in [2.24, 2.45) is 5.92 Å². The van der Waals surface area contributed by atoms with Crippen LogP contribution in [0.2, 0.25) is 0 Å². The van der Waals surface area contributed by atoms with E-state index in [2.05, 4.69) is 21.8 Å². The van der Waals surface area contributed by atoms with Crippen LogP contribution in [0.25, 0.3) is 0 Å². The first-order valence-corrected chi connectivity index (χ1v) is 9.08. The number of hydrogen-bond acceptors (Lipinski definition) is 7. The lowest BCUT2D eigenvalue weighted by Gasteiger charge is -2.31. The third kappa shape index (κ3) is 4.43. The third-order valence-electron chi connectivity index (χ3n) is 4.50. The predicted molar refractivity (Wildman–Crippen MR) is 103 cm³/mol. The number of esters is 1. The highest BCUT2D eigenvalue weighted by Crippen LogP contribution is 2.31. The summed E-state index contributed by atoms with van der Waals surface area (Å²) in [6.45, 7) is 3.08. The first-order valence-electron chi connectivity index (χ1n) is 9.08. The van der Waals surface area contributed by atoms with Crippen LogP contribution in [0.15, 0.2) is 36.7 Å². The number of nitrogens with zero attached hydrogens (tertiary/aromatic N) is 4. The fraction of sp³-hybridized carbons (Fsp3) is 0.350. The van der Waals surface area contributed by atoms with Crippen LogP contribution in [0.5, 0.6) is 0 Å². The monoisotopic (exact) mass is 380 g/mol. The summed E-state index contributed by atoms with van der Waals surface area (Å²) in [6, 6.07) is 9.20. The molecule has 0 amide bonds. The number of anilines is 1. The Morgan fingerprint density at radius 2 is 1.96 bits per heavy atom. The van der Waals surface area contributed by atoms with Crippen molar-refractivity contribution in [2.45, 2.75) is 19.8 Å². The normalized spacial score (nSPS) is 14.1. The highest BCUT2D eigenvalue weighted by Gasteiger charge is 2.31. The van der Waals surface area contributed by atoms with Crippen LogP contribution in [0.1, 0.15) is 31.0 Å². The quantitative estimate of drug-likeness (QED) is 0.348. The topological polar surface area (TPSA) is 98.5 Å². The number of piperidine rings is 1. The van der Waals surface area contributed by atoms with Crippen LogP contribution in [0.3, 0.4) is 0 Å². The van der Waals surface area contributed by atoms with Crippen molar-refractivity contribution in [3.63, 3.8) is 0 Å². The van der Waals surface area contributed by atoms with Crippen molar-refractivity contribution < 1.29 is 14.5 Å². The van der Waals surface area contributed by atoms with Crippen LogP contribution in [-0.2, 0) is 9.53 Å². The van der Waals surface area contributed by atoms with Gasteiger partial charge in [0.05, 0.1) is 17.4 Å². The van der Waals surface area contributed by atoms with Gasteiger partial charge in [-0.3, -0.25) is 14.9 Å². The Hall–Kier alpha value is -3.47. The molecular formula is C20H20N4O4. The smallest absolute Gasteiger partial charge is 0.345 e. The summed E-state index contributed by atoms with van der Waals surface area (Å²) < 4.78 is 5.07. The number of ether oxygens (including phenoxy) is 1. The van der Waals surface area contributed by atoms with Crippen molar-refractivity contribution in [3.05, 3.63) is 58.0 Å². The number of aromatic nitrogens is 2.